The van der Waals surface area contributed by atoms with Crippen molar-refractivity contribution < 1.29 is 19.1 Å². The average molecular weight is 481 g/mol. The maximum atomic E-state index is 13.6. The summed E-state index contributed by atoms with van der Waals surface area (Å²) in [7, 11) is 1.60. The van der Waals surface area contributed by atoms with Crippen LogP contribution in [-0.2, 0) is 20.9 Å². The van der Waals surface area contributed by atoms with Crippen LogP contribution in [0, 0.1) is 26.7 Å². The van der Waals surface area contributed by atoms with Crippen LogP contribution in [0.2, 0.25) is 0 Å². The molecule has 2 aliphatic rings. The second-order valence-electron chi connectivity index (χ2n) is 9.51. The van der Waals surface area contributed by atoms with Crippen molar-refractivity contribution >= 4 is 23.9 Å². The summed E-state index contributed by atoms with van der Waals surface area (Å²) in [5, 5.41) is 4.64. The molecule has 2 atom stereocenters. The Labute approximate surface area is 205 Å². The third kappa shape index (κ3) is 4.52. The Balaban J connectivity index is 1.59. The van der Waals surface area contributed by atoms with Crippen molar-refractivity contribution in [3.05, 3.63) is 52.8 Å². The van der Waals surface area contributed by atoms with Crippen LogP contribution in [0.5, 0.6) is 0 Å². The van der Waals surface area contributed by atoms with Crippen LogP contribution >= 0.6 is 0 Å². The Morgan fingerprint density at radius 3 is 2.40 bits per heavy atom. The van der Waals surface area contributed by atoms with E-state index in [4.69, 9.17) is 9.73 Å². The van der Waals surface area contributed by atoms with Gasteiger partial charge < -0.3 is 14.5 Å². The fourth-order valence-electron chi connectivity index (χ4n) is 4.40. The molecule has 3 heterocycles. The second-order valence-corrected chi connectivity index (χ2v) is 9.51. The van der Waals surface area contributed by atoms with Crippen LogP contribution in [0.3, 0.4) is 0 Å². The van der Waals surface area contributed by atoms with Gasteiger partial charge in [-0.15, -0.1) is 0 Å². The van der Waals surface area contributed by atoms with Crippen LogP contribution in [0.15, 0.2) is 35.3 Å². The van der Waals surface area contributed by atoms with Crippen molar-refractivity contribution in [3.8, 4) is 0 Å². The van der Waals surface area contributed by atoms with Crippen LogP contribution in [0.25, 0.3) is 0 Å². The SMILES string of the molecule is Cc1nn(C2=NC3C(C(=O)N(CC(=O)OCc4ccccc4)C(=O)N3C)N2CC(C)C)c(C)c1C. The fraction of sp³-hybridized carbons (Fsp3) is 0.480. The number of carbonyl (C=O) groups is 3. The first-order valence-electron chi connectivity index (χ1n) is 11.8. The molecule has 35 heavy (non-hydrogen) atoms. The summed E-state index contributed by atoms with van der Waals surface area (Å²) in [6, 6.07) is 7.92. The fourth-order valence-corrected chi connectivity index (χ4v) is 4.40. The van der Waals surface area contributed by atoms with E-state index in [0.29, 0.717) is 12.5 Å². The van der Waals surface area contributed by atoms with Gasteiger partial charge in [0.1, 0.15) is 13.2 Å². The molecule has 2 unspecified atom stereocenters. The molecular weight excluding hydrogens is 448 g/mol. The first-order valence-corrected chi connectivity index (χ1v) is 11.8. The number of aliphatic imine (C=N–C) groups is 1. The van der Waals surface area contributed by atoms with Crippen molar-refractivity contribution in [2.75, 3.05) is 20.1 Å². The van der Waals surface area contributed by atoms with Gasteiger partial charge in [-0.2, -0.15) is 5.10 Å². The predicted molar refractivity (Wildman–Crippen MR) is 130 cm³/mol. The van der Waals surface area contributed by atoms with Crippen molar-refractivity contribution in [2.24, 2.45) is 10.9 Å². The van der Waals surface area contributed by atoms with E-state index in [1.165, 1.54) is 4.90 Å². The number of esters is 1. The van der Waals surface area contributed by atoms with Gasteiger partial charge in [-0.3, -0.25) is 14.5 Å². The Morgan fingerprint density at radius 1 is 1.11 bits per heavy atom. The molecule has 2 aliphatic heterocycles. The Kier molecular flexibility index (Phi) is 6.64. The number of ether oxygens (including phenoxy) is 1. The largest absolute Gasteiger partial charge is 0.459 e. The molecule has 0 bridgehead atoms. The highest BCUT2D eigenvalue weighted by atomic mass is 16.5. The summed E-state index contributed by atoms with van der Waals surface area (Å²) in [6.45, 7) is 10.1. The van der Waals surface area contributed by atoms with Gasteiger partial charge in [0.15, 0.2) is 12.2 Å². The van der Waals surface area contributed by atoms with E-state index in [0.717, 1.165) is 27.4 Å². The Morgan fingerprint density at radius 2 is 1.80 bits per heavy atom. The summed E-state index contributed by atoms with van der Waals surface area (Å²) >= 11 is 0. The number of nitrogens with zero attached hydrogens (tertiary/aromatic N) is 6. The maximum Gasteiger partial charge on any atom is 0.328 e. The van der Waals surface area contributed by atoms with Gasteiger partial charge in [0, 0.05) is 19.3 Å². The summed E-state index contributed by atoms with van der Waals surface area (Å²) in [5.41, 5.74) is 3.68. The first kappa shape index (κ1) is 24.4. The van der Waals surface area contributed by atoms with Crippen LogP contribution < -0.4 is 0 Å². The minimum absolute atomic E-state index is 0.0712. The molecule has 4 rings (SSSR count). The number of aromatic nitrogens is 2. The lowest BCUT2D eigenvalue weighted by Gasteiger charge is -2.41. The molecule has 0 spiro atoms. The van der Waals surface area contributed by atoms with E-state index >= 15 is 0 Å². The quantitative estimate of drug-likeness (QED) is 0.589. The number of hydrogen-bond acceptors (Lipinski definition) is 7. The standard InChI is InChI=1S/C25H32N6O4/c1-15(2)12-29-21-22(26-24(29)31-18(5)16(3)17(4)27-31)28(6)25(34)30(23(21)33)13-20(32)35-14-19-10-8-7-9-11-19/h7-11,15,21-22H,12-14H2,1-6H3. The van der Waals surface area contributed by atoms with Crippen molar-refractivity contribution in [1.29, 1.82) is 0 Å². The highest BCUT2D eigenvalue weighted by molar-refractivity contribution is 6.05. The van der Waals surface area contributed by atoms with E-state index in [2.05, 4.69) is 18.9 Å². The third-order valence-electron chi connectivity index (χ3n) is 6.51. The van der Waals surface area contributed by atoms with Crippen molar-refractivity contribution in [3.63, 3.8) is 0 Å². The molecule has 3 amide bonds. The number of urea groups is 1. The highest BCUT2D eigenvalue weighted by Crippen LogP contribution is 2.30. The van der Waals surface area contributed by atoms with E-state index in [1.54, 1.807) is 11.7 Å². The summed E-state index contributed by atoms with van der Waals surface area (Å²) < 4.78 is 7.07. The van der Waals surface area contributed by atoms with Crippen LogP contribution in [0.1, 0.15) is 36.4 Å². The smallest absolute Gasteiger partial charge is 0.328 e. The zero-order valence-corrected chi connectivity index (χ0v) is 21.1. The zero-order valence-electron chi connectivity index (χ0n) is 21.1. The monoisotopic (exact) mass is 480 g/mol. The molecule has 10 heteroatoms. The Bertz CT molecular complexity index is 1170. The van der Waals surface area contributed by atoms with E-state index < -0.39 is 36.7 Å². The lowest BCUT2D eigenvalue weighted by molar-refractivity contribution is -0.151. The molecule has 0 N–H and O–H groups in total. The van der Waals surface area contributed by atoms with Gasteiger partial charge in [-0.25, -0.2) is 14.5 Å². The number of rotatable bonds is 6. The molecule has 2 aromatic rings. The number of amides is 3. The lowest BCUT2D eigenvalue weighted by atomic mass is 10.1. The molecule has 1 saturated heterocycles. The second kappa shape index (κ2) is 9.52. The molecule has 0 aliphatic carbocycles. The molecule has 1 fully saturated rings. The lowest BCUT2D eigenvalue weighted by Crippen LogP contribution is -2.66. The zero-order chi connectivity index (χ0) is 25.4. The number of imide groups is 1. The summed E-state index contributed by atoms with van der Waals surface area (Å²) in [5.74, 6) is -0.362. The maximum absolute atomic E-state index is 13.6. The number of benzene rings is 1. The molecule has 10 nitrogen and oxygen atoms in total. The molecule has 0 saturated carbocycles. The van der Waals surface area contributed by atoms with Gasteiger partial charge >= 0.3 is 12.0 Å². The molecular formula is C25H32N6O4. The molecule has 1 aromatic carbocycles. The van der Waals surface area contributed by atoms with Gasteiger partial charge in [0.05, 0.1) is 5.69 Å². The minimum atomic E-state index is -0.749. The van der Waals surface area contributed by atoms with Gasteiger partial charge in [-0.1, -0.05) is 44.2 Å². The van der Waals surface area contributed by atoms with Crippen molar-refractivity contribution in [1.82, 2.24) is 24.5 Å². The Hall–Kier alpha value is -3.69. The molecule has 1 aromatic heterocycles. The van der Waals surface area contributed by atoms with Crippen LogP contribution in [0.4, 0.5) is 4.79 Å². The van der Waals surface area contributed by atoms with Gasteiger partial charge in [-0.05, 0) is 37.8 Å². The number of aryl methyl sites for hydroxylation is 1. The number of carbonyl (C=O) groups excluding carboxylic acids is 3. The highest BCUT2D eigenvalue weighted by Gasteiger charge is 2.53. The summed E-state index contributed by atoms with van der Waals surface area (Å²) in [4.78, 5) is 48.4. The van der Waals surface area contributed by atoms with Crippen LogP contribution in [-0.4, -0.2) is 80.7 Å². The first-order chi connectivity index (χ1) is 16.6. The van der Waals surface area contributed by atoms with Crippen molar-refractivity contribution in [2.45, 2.75) is 53.4 Å². The third-order valence-corrected chi connectivity index (χ3v) is 6.51. The topological polar surface area (TPSA) is 100 Å². The molecule has 186 valence electrons. The van der Waals surface area contributed by atoms with E-state index in [-0.39, 0.29) is 12.5 Å². The minimum Gasteiger partial charge on any atom is -0.459 e. The number of hydrogen-bond donors (Lipinski definition) is 0. The number of fused-ring (bicyclic) bond motifs is 1. The van der Waals surface area contributed by atoms with E-state index in [1.807, 2.05) is 56.0 Å². The van der Waals surface area contributed by atoms with Gasteiger partial charge in [0.2, 0.25) is 5.96 Å². The predicted octanol–water partition coefficient (Wildman–Crippen LogP) is 2.32. The average Bonchev–Trinajstić information content (AvgIpc) is 3.31. The number of likely N-dealkylation sites (N-methyl/N-ethyl adjacent to an activating group) is 1. The molecule has 0 radical (unpaired) electrons. The normalized spacial score (nSPS) is 20.0. The summed E-state index contributed by atoms with van der Waals surface area (Å²) in [6.07, 6.45) is -0.704. The van der Waals surface area contributed by atoms with Gasteiger partial charge in [0.25, 0.3) is 5.91 Å². The van der Waals surface area contributed by atoms with E-state index in [9.17, 15) is 14.4 Å².